The minimum atomic E-state index is -0.431. The predicted molar refractivity (Wildman–Crippen MR) is 111 cm³/mol. The molecule has 1 aliphatic rings. The summed E-state index contributed by atoms with van der Waals surface area (Å²) in [5.41, 5.74) is 1.73. The van der Waals surface area contributed by atoms with Gasteiger partial charge in [0.25, 0.3) is 0 Å². The normalized spacial score (nSPS) is 16.1. The first-order valence-electron chi connectivity index (χ1n) is 11.1. The average molecular weight is 427 g/mol. The van der Waals surface area contributed by atoms with Crippen LogP contribution in [0.25, 0.3) is 0 Å². The van der Waals surface area contributed by atoms with Crippen molar-refractivity contribution in [2.45, 2.75) is 70.3 Å². The maximum Gasteiger partial charge on any atom is 0.244 e. The number of carbonyl (C=O) groups is 1. The SMILES string of the molecule is COCCN(CCOC)Cc1noc([C@H](CCCC2CCCCC2)CC(=O)NO)n1. The van der Waals surface area contributed by atoms with Crippen molar-refractivity contribution in [3.8, 4) is 0 Å². The lowest BCUT2D eigenvalue weighted by atomic mass is 9.84. The molecule has 9 nitrogen and oxygen atoms in total. The Morgan fingerprint density at radius 1 is 1.23 bits per heavy atom. The highest BCUT2D eigenvalue weighted by Gasteiger charge is 2.24. The number of nitrogens with zero attached hydrogens (tertiary/aromatic N) is 3. The lowest BCUT2D eigenvalue weighted by Gasteiger charge is -2.22. The smallest absolute Gasteiger partial charge is 0.244 e. The molecule has 1 heterocycles. The second kappa shape index (κ2) is 14.5. The standard InChI is InChI=1S/C21H38N4O5/c1-28-13-11-25(12-14-29-2)16-19-22-21(30-24-19)18(15-20(26)23-27)10-6-9-17-7-4-3-5-8-17/h17-18,27H,3-16H2,1-2H3,(H,23,26)/t18-/m1/s1. The van der Waals surface area contributed by atoms with Gasteiger partial charge >= 0.3 is 0 Å². The number of rotatable bonds is 15. The number of nitrogens with one attached hydrogen (secondary N) is 1. The number of methoxy groups -OCH3 is 2. The first-order valence-corrected chi connectivity index (χ1v) is 11.1. The summed E-state index contributed by atoms with van der Waals surface area (Å²) >= 11 is 0. The highest BCUT2D eigenvalue weighted by atomic mass is 16.5. The minimum absolute atomic E-state index is 0.139. The van der Waals surface area contributed by atoms with Crippen LogP contribution in [0, 0.1) is 5.92 Å². The number of amides is 1. The van der Waals surface area contributed by atoms with E-state index in [0.29, 0.717) is 31.5 Å². The quantitative estimate of drug-likeness (QED) is 0.325. The molecule has 1 aliphatic carbocycles. The van der Waals surface area contributed by atoms with Crippen molar-refractivity contribution in [1.29, 1.82) is 0 Å². The van der Waals surface area contributed by atoms with Crippen LogP contribution in [0.1, 0.15) is 75.4 Å². The van der Waals surface area contributed by atoms with Crippen molar-refractivity contribution in [1.82, 2.24) is 20.5 Å². The summed E-state index contributed by atoms with van der Waals surface area (Å²) in [5, 5.41) is 13.1. The molecule has 2 N–H and O–H groups in total. The molecular formula is C21H38N4O5. The lowest BCUT2D eigenvalue weighted by molar-refractivity contribution is -0.129. The van der Waals surface area contributed by atoms with Crippen molar-refractivity contribution < 1.29 is 24.0 Å². The van der Waals surface area contributed by atoms with Gasteiger partial charge in [-0.05, 0) is 12.3 Å². The summed E-state index contributed by atoms with van der Waals surface area (Å²) in [4.78, 5) is 18.5. The maximum atomic E-state index is 11.8. The Morgan fingerprint density at radius 2 is 1.93 bits per heavy atom. The van der Waals surface area contributed by atoms with Crippen LogP contribution >= 0.6 is 0 Å². The number of aromatic nitrogens is 2. The van der Waals surface area contributed by atoms with E-state index in [0.717, 1.165) is 31.8 Å². The van der Waals surface area contributed by atoms with E-state index >= 15 is 0 Å². The summed E-state index contributed by atoms with van der Waals surface area (Å²) in [6.45, 7) is 3.21. The van der Waals surface area contributed by atoms with Gasteiger partial charge in [-0.15, -0.1) is 0 Å². The average Bonchev–Trinajstić information content (AvgIpc) is 3.23. The van der Waals surface area contributed by atoms with Crippen LogP contribution in [0.2, 0.25) is 0 Å². The van der Waals surface area contributed by atoms with Crippen molar-refractivity contribution in [3.63, 3.8) is 0 Å². The van der Waals surface area contributed by atoms with Crippen LogP contribution < -0.4 is 5.48 Å². The van der Waals surface area contributed by atoms with Crippen molar-refractivity contribution in [2.75, 3.05) is 40.5 Å². The van der Waals surface area contributed by atoms with E-state index in [1.165, 1.54) is 38.5 Å². The van der Waals surface area contributed by atoms with Gasteiger partial charge in [0.2, 0.25) is 11.8 Å². The monoisotopic (exact) mass is 426 g/mol. The Bertz CT molecular complexity index is 584. The number of hydroxylamine groups is 1. The first kappa shape index (κ1) is 24.7. The highest BCUT2D eigenvalue weighted by Crippen LogP contribution is 2.31. The van der Waals surface area contributed by atoms with Crippen LogP contribution in [0.15, 0.2) is 4.52 Å². The molecular weight excluding hydrogens is 388 g/mol. The molecule has 9 heteroatoms. The fraction of sp³-hybridized carbons (Fsp3) is 0.857. The minimum Gasteiger partial charge on any atom is -0.383 e. The Kier molecular flexibility index (Phi) is 11.9. The predicted octanol–water partition coefficient (Wildman–Crippen LogP) is 2.89. The van der Waals surface area contributed by atoms with Gasteiger partial charge in [-0.3, -0.25) is 14.9 Å². The molecule has 0 saturated heterocycles. The van der Waals surface area contributed by atoms with Gasteiger partial charge in [0, 0.05) is 39.6 Å². The van der Waals surface area contributed by atoms with Gasteiger partial charge in [0.1, 0.15) is 0 Å². The first-order chi connectivity index (χ1) is 14.7. The van der Waals surface area contributed by atoms with Crippen LogP contribution in [-0.4, -0.2) is 66.7 Å². The molecule has 0 radical (unpaired) electrons. The summed E-state index contributed by atoms with van der Waals surface area (Å²) in [6.07, 6.45) is 9.75. The molecule has 1 saturated carbocycles. The van der Waals surface area contributed by atoms with Crippen LogP contribution in [0.5, 0.6) is 0 Å². The molecule has 1 amide bonds. The Balaban J connectivity index is 1.94. The third kappa shape index (κ3) is 9.07. The third-order valence-electron chi connectivity index (χ3n) is 5.87. The zero-order valence-electron chi connectivity index (χ0n) is 18.5. The summed E-state index contributed by atoms with van der Waals surface area (Å²) in [7, 11) is 3.34. The summed E-state index contributed by atoms with van der Waals surface area (Å²) in [5.74, 6) is 1.22. The van der Waals surface area contributed by atoms with Crippen molar-refractivity contribution >= 4 is 5.91 Å². The van der Waals surface area contributed by atoms with E-state index in [1.807, 2.05) is 0 Å². The van der Waals surface area contributed by atoms with Gasteiger partial charge < -0.3 is 14.0 Å². The molecule has 0 unspecified atom stereocenters. The van der Waals surface area contributed by atoms with Crippen LogP contribution in [0.4, 0.5) is 0 Å². The zero-order chi connectivity index (χ0) is 21.6. The van der Waals surface area contributed by atoms with Crippen LogP contribution in [0.3, 0.4) is 0 Å². The molecule has 0 aromatic carbocycles. The van der Waals surface area contributed by atoms with E-state index in [2.05, 4.69) is 15.0 Å². The fourth-order valence-corrected chi connectivity index (χ4v) is 4.12. The second-order valence-electron chi connectivity index (χ2n) is 8.18. The molecule has 0 bridgehead atoms. The Labute approximate surface area is 179 Å². The van der Waals surface area contributed by atoms with E-state index in [-0.39, 0.29) is 12.3 Å². The third-order valence-corrected chi connectivity index (χ3v) is 5.87. The molecule has 2 rings (SSSR count). The van der Waals surface area contributed by atoms with E-state index in [9.17, 15) is 4.79 Å². The molecule has 0 spiro atoms. The molecule has 0 aliphatic heterocycles. The second-order valence-corrected chi connectivity index (χ2v) is 8.18. The van der Waals surface area contributed by atoms with Gasteiger partial charge in [0.15, 0.2) is 5.82 Å². The Morgan fingerprint density at radius 3 is 2.57 bits per heavy atom. The maximum absolute atomic E-state index is 11.8. The summed E-state index contributed by atoms with van der Waals surface area (Å²) in [6, 6.07) is 0. The highest BCUT2D eigenvalue weighted by molar-refractivity contribution is 5.75. The largest absolute Gasteiger partial charge is 0.383 e. The molecule has 172 valence electrons. The molecule has 1 aromatic heterocycles. The van der Waals surface area contributed by atoms with Gasteiger partial charge in [-0.2, -0.15) is 4.98 Å². The number of ether oxygens (including phenoxy) is 2. The number of carbonyl (C=O) groups excluding carboxylic acids is 1. The van der Waals surface area contributed by atoms with Crippen molar-refractivity contribution in [3.05, 3.63) is 11.7 Å². The van der Waals surface area contributed by atoms with E-state index in [4.69, 9.17) is 19.2 Å². The molecule has 1 atom stereocenters. The van der Waals surface area contributed by atoms with E-state index in [1.54, 1.807) is 19.7 Å². The Hall–Kier alpha value is -1.55. The summed E-state index contributed by atoms with van der Waals surface area (Å²) < 4.78 is 15.9. The van der Waals surface area contributed by atoms with Gasteiger partial charge in [0.05, 0.1) is 19.8 Å². The van der Waals surface area contributed by atoms with E-state index < -0.39 is 5.91 Å². The zero-order valence-corrected chi connectivity index (χ0v) is 18.5. The van der Waals surface area contributed by atoms with Gasteiger partial charge in [-0.25, -0.2) is 5.48 Å². The lowest BCUT2D eigenvalue weighted by Crippen LogP contribution is -2.30. The molecule has 30 heavy (non-hydrogen) atoms. The number of hydrogen-bond acceptors (Lipinski definition) is 8. The van der Waals surface area contributed by atoms with Gasteiger partial charge in [-0.1, -0.05) is 50.1 Å². The van der Waals surface area contributed by atoms with Crippen LogP contribution in [-0.2, 0) is 20.8 Å². The number of hydrogen-bond donors (Lipinski definition) is 2. The molecule has 1 aromatic rings. The topological polar surface area (TPSA) is 110 Å². The van der Waals surface area contributed by atoms with Crippen molar-refractivity contribution in [2.24, 2.45) is 5.92 Å². The fourth-order valence-electron chi connectivity index (χ4n) is 4.12. The molecule has 1 fully saturated rings.